The first-order valence-corrected chi connectivity index (χ1v) is 10.8. The van der Waals surface area contributed by atoms with Crippen molar-refractivity contribution in [3.63, 3.8) is 0 Å². The highest BCUT2D eigenvalue weighted by Gasteiger charge is 2.24. The van der Waals surface area contributed by atoms with E-state index in [-0.39, 0.29) is 6.10 Å². The molecule has 29 heavy (non-hydrogen) atoms. The van der Waals surface area contributed by atoms with E-state index in [9.17, 15) is 5.11 Å². The van der Waals surface area contributed by atoms with Gasteiger partial charge in [-0.15, -0.1) is 0 Å². The first-order valence-electron chi connectivity index (χ1n) is 10.8. The summed E-state index contributed by atoms with van der Waals surface area (Å²) in [4.78, 5) is 14.3. The van der Waals surface area contributed by atoms with Gasteiger partial charge >= 0.3 is 0 Å². The number of β-amino-alcohol motifs (C(OH)–C–C–N with tert-alkyl or cyclic N) is 1. The number of nitrogens with zero attached hydrogens (tertiary/aromatic N) is 4. The molecule has 1 N–H and O–H groups in total. The lowest BCUT2D eigenvalue weighted by molar-refractivity contribution is 0.0738. The van der Waals surface area contributed by atoms with Crippen LogP contribution in [0, 0.1) is 33.6 Å². The summed E-state index contributed by atoms with van der Waals surface area (Å²) in [5.74, 6) is 2.21. The minimum absolute atomic E-state index is 0.259. The lowest BCUT2D eigenvalue weighted by Crippen LogP contribution is -2.49. The zero-order chi connectivity index (χ0) is 21.1. The summed E-state index contributed by atoms with van der Waals surface area (Å²) in [7, 11) is 0. The summed E-state index contributed by atoms with van der Waals surface area (Å²) >= 11 is 0. The van der Waals surface area contributed by atoms with Gasteiger partial charge in [-0.1, -0.05) is 37.6 Å². The molecular weight excluding hydrogens is 360 g/mol. The number of rotatable bonds is 6. The molecule has 0 amide bonds. The normalized spacial score (nSPS) is 16.5. The van der Waals surface area contributed by atoms with Gasteiger partial charge in [0, 0.05) is 50.4 Å². The van der Waals surface area contributed by atoms with Crippen molar-refractivity contribution in [1.82, 2.24) is 14.9 Å². The molecule has 1 aromatic carbocycles. The Morgan fingerprint density at radius 3 is 2.34 bits per heavy atom. The molecular formula is C24H36N4O. The van der Waals surface area contributed by atoms with E-state index in [1.54, 1.807) is 0 Å². The maximum absolute atomic E-state index is 10.2. The lowest BCUT2D eigenvalue weighted by atomic mass is 9.97. The van der Waals surface area contributed by atoms with Crippen LogP contribution < -0.4 is 4.90 Å². The van der Waals surface area contributed by atoms with Crippen molar-refractivity contribution in [3.8, 4) is 0 Å². The number of aliphatic hydroxyl groups excluding tert-OH is 1. The molecule has 2 heterocycles. The maximum atomic E-state index is 10.2. The molecule has 0 unspecified atom stereocenters. The number of piperazine rings is 1. The molecule has 158 valence electrons. The van der Waals surface area contributed by atoms with Gasteiger partial charge < -0.3 is 10.0 Å². The number of hydrogen-bond donors (Lipinski definition) is 1. The predicted molar refractivity (Wildman–Crippen MR) is 120 cm³/mol. The van der Waals surface area contributed by atoms with E-state index in [2.05, 4.69) is 67.6 Å². The number of aromatic nitrogens is 2. The van der Waals surface area contributed by atoms with Gasteiger partial charge in [0.2, 0.25) is 0 Å². The lowest BCUT2D eigenvalue weighted by Gasteiger charge is -2.37. The molecule has 1 aliphatic rings. The van der Waals surface area contributed by atoms with Crippen LogP contribution in [0.3, 0.4) is 0 Å². The zero-order valence-electron chi connectivity index (χ0n) is 18.9. The molecule has 2 aromatic rings. The third-order valence-corrected chi connectivity index (χ3v) is 6.06. The molecule has 5 heteroatoms. The summed E-state index contributed by atoms with van der Waals surface area (Å²) in [5.41, 5.74) is 6.26. The monoisotopic (exact) mass is 396 g/mol. The quantitative estimate of drug-likeness (QED) is 0.811. The number of anilines is 1. The summed E-state index contributed by atoms with van der Waals surface area (Å²) < 4.78 is 0. The second-order valence-electron chi connectivity index (χ2n) is 8.86. The Bertz CT molecular complexity index is 841. The molecule has 1 fully saturated rings. The van der Waals surface area contributed by atoms with Gasteiger partial charge in [0.25, 0.3) is 0 Å². The number of aryl methyl sites for hydroxylation is 4. The smallest absolute Gasteiger partial charge is 0.136 e. The fraction of sp³-hybridized carbons (Fsp3) is 0.583. The van der Waals surface area contributed by atoms with Crippen molar-refractivity contribution in [2.24, 2.45) is 5.92 Å². The summed E-state index contributed by atoms with van der Waals surface area (Å²) in [5, 5.41) is 10.2. The van der Waals surface area contributed by atoms with Crippen LogP contribution in [0.5, 0.6) is 0 Å². The van der Waals surface area contributed by atoms with Gasteiger partial charge in [-0.3, -0.25) is 4.90 Å². The van der Waals surface area contributed by atoms with Crippen molar-refractivity contribution in [2.75, 3.05) is 37.6 Å². The van der Waals surface area contributed by atoms with Crippen LogP contribution in [0.25, 0.3) is 0 Å². The highest BCUT2D eigenvalue weighted by molar-refractivity contribution is 5.52. The van der Waals surface area contributed by atoms with Gasteiger partial charge in [0.05, 0.1) is 6.10 Å². The molecule has 1 aromatic heterocycles. The van der Waals surface area contributed by atoms with Gasteiger partial charge in [-0.2, -0.15) is 0 Å². The molecule has 0 saturated carbocycles. The molecule has 5 nitrogen and oxygen atoms in total. The average molecular weight is 397 g/mol. The maximum Gasteiger partial charge on any atom is 0.136 e. The Hall–Kier alpha value is -1.98. The Kier molecular flexibility index (Phi) is 6.91. The number of hydrogen-bond acceptors (Lipinski definition) is 5. The van der Waals surface area contributed by atoms with Crippen LogP contribution in [0.2, 0.25) is 0 Å². The Morgan fingerprint density at radius 2 is 1.69 bits per heavy atom. The molecule has 0 aliphatic carbocycles. The Balaban J connectivity index is 1.80. The van der Waals surface area contributed by atoms with E-state index in [0.29, 0.717) is 5.92 Å². The van der Waals surface area contributed by atoms with Crippen LogP contribution >= 0.6 is 0 Å². The molecule has 0 bridgehead atoms. The van der Waals surface area contributed by atoms with Crippen molar-refractivity contribution < 1.29 is 5.11 Å². The van der Waals surface area contributed by atoms with Crippen LogP contribution in [0.1, 0.15) is 47.6 Å². The molecule has 3 rings (SSSR count). The van der Waals surface area contributed by atoms with Crippen molar-refractivity contribution >= 4 is 5.82 Å². The topological polar surface area (TPSA) is 52.5 Å². The van der Waals surface area contributed by atoms with Crippen LogP contribution in [0.15, 0.2) is 18.2 Å². The summed E-state index contributed by atoms with van der Waals surface area (Å²) in [6.07, 6.45) is 0.603. The van der Waals surface area contributed by atoms with Crippen molar-refractivity contribution in [3.05, 3.63) is 52.0 Å². The SMILES string of the molecule is Cc1ccc(C)c(Cc2c(C)nc(C)nc2N2CCN(C[C@@H](O)C(C)C)CC2)c1. The highest BCUT2D eigenvalue weighted by atomic mass is 16.3. The van der Waals surface area contributed by atoms with Gasteiger partial charge in [0.15, 0.2) is 0 Å². The van der Waals surface area contributed by atoms with Crippen molar-refractivity contribution in [1.29, 1.82) is 0 Å². The van der Waals surface area contributed by atoms with E-state index >= 15 is 0 Å². The minimum atomic E-state index is -0.259. The van der Waals surface area contributed by atoms with Gasteiger partial charge in [-0.25, -0.2) is 9.97 Å². The largest absolute Gasteiger partial charge is 0.392 e. The van der Waals surface area contributed by atoms with E-state index in [4.69, 9.17) is 4.98 Å². The second kappa shape index (κ2) is 9.23. The Labute approximate surface area is 175 Å². The molecule has 1 atom stereocenters. The summed E-state index contributed by atoms with van der Waals surface area (Å²) in [6.45, 7) is 17.1. The standard InChI is InChI=1S/C24H36N4O/c1-16(2)23(29)15-27-9-11-28(12-10-27)24-22(19(5)25-20(6)26-24)14-21-13-17(3)7-8-18(21)4/h7-8,13,16,23,29H,9-12,14-15H2,1-6H3/t23-/m1/s1. The fourth-order valence-electron chi connectivity index (χ4n) is 3.99. The second-order valence-corrected chi connectivity index (χ2v) is 8.86. The van der Waals surface area contributed by atoms with Gasteiger partial charge in [-0.05, 0) is 44.7 Å². The van der Waals surface area contributed by atoms with Crippen LogP contribution in [0.4, 0.5) is 5.82 Å². The van der Waals surface area contributed by atoms with Crippen molar-refractivity contribution in [2.45, 2.75) is 54.1 Å². The number of aliphatic hydroxyl groups is 1. The van der Waals surface area contributed by atoms with E-state index in [1.807, 2.05) is 6.92 Å². The first kappa shape index (κ1) is 21.7. The third-order valence-electron chi connectivity index (χ3n) is 6.06. The third kappa shape index (κ3) is 5.34. The average Bonchev–Trinajstić information content (AvgIpc) is 2.67. The molecule has 1 aliphatic heterocycles. The van der Waals surface area contributed by atoms with E-state index < -0.39 is 0 Å². The van der Waals surface area contributed by atoms with Crippen LogP contribution in [-0.4, -0.2) is 58.8 Å². The molecule has 0 spiro atoms. The van der Waals surface area contributed by atoms with E-state index in [1.165, 1.54) is 22.3 Å². The predicted octanol–water partition coefficient (Wildman–Crippen LogP) is 3.44. The minimum Gasteiger partial charge on any atom is -0.392 e. The Morgan fingerprint density at radius 1 is 1.00 bits per heavy atom. The van der Waals surface area contributed by atoms with Gasteiger partial charge in [0.1, 0.15) is 11.6 Å². The zero-order valence-corrected chi connectivity index (χ0v) is 18.9. The van der Waals surface area contributed by atoms with Crippen LogP contribution in [-0.2, 0) is 6.42 Å². The summed E-state index contributed by atoms with van der Waals surface area (Å²) in [6, 6.07) is 6.65. The molecule has 1 saturated heterocycles. The fourth-order valence-corrected chi connectivity index (χ4v) is 3.99. The molecule has 0 radical (unpaired) electrons. The van der Waals surface area contributed by atoms with E-state index in [0.717, 1.165) is 56.5 Å². The number of benzene rings is 1. The highest BCUT2D eigenvalue weighted by Crippen LogP contribution is 2.26. The first-order chi connectivity index (χ1) is 13.7.